The number of rotatable bonds is 4. The van der Waals surface area contributed by atoms with Crippen molar-refractivity contribution in [3.8, 4) is 0 Å². The van der Waals surface area contributed by atoms with Crippen molar-refractivity contribution in [2.24, 2.45) is 0 Å². The summed E-state index contributed by atoms with van der Waals surface area (Å²) in [4.78, 5) is 4.87. The predicted molar refractivity (Wildman–Crippen MR) is 97.5 cm³/mol. The third kappa shape index (κ3) is 5.60. The van der Waals surface area contributed by atoms with Crippen LogP contribution >= 0.6 is 39.9 Å². The third-order valence-corrected chi connectivity index (χ3v) is 4.14. The molecule has 2 unspecified atom stereocenters. The molecule has 0 radical (unpaired) electrons. The summed E-state index contributed by atoms with van der Waals surface area (Å²) in [6.45, 7) is 9.07. The van der Waals surface area contributed by atoms with Crippen molar-refractivity contribution in [3.05, 3.63) is 34.3 Å². The Hall–Kier alpha value is 0.310. The van der Waals surface area contributed by atoms with E-state index in [0.717, 1.165) is 37.2 Å². The Morgan fingerprint density at radius 2 is 2.15 bits per heavy atom. The van der Waals surface area contributed by atoms with Gasteiger partial charge in [0.2, 0.25) is 0 Å². The first-order valence-electron chi connectivity index (χ1n) is 6.93. The van der Waals surface area contributed by atoms with Crippen molar-refractivity contribution in [1.29, 1.82) is 0 Å². The van der Waals surface area contributed by atoms with Gasteiger partial charge in [-0.3, -0.25) is 9.80 Å². The number of hydrogen-bond acceptors (Lipinski definition) is 3. The van der Waals surface area contributed by atoms with Gasteiger partial charge < -0.3 is 5.11 Å². The number of hydrogen-bond donors (Lipinski definition) is 1. The fourth-order valence-electron chi connectivity index (χ4n) is 2.71. The van der Waals surface area contributed by atoms with Gasteiger partial charge in [-0.1, -0.05) is 28.1 Å². The van der Waals surface area contributed by atoms with Crippen molar-refractivity contribution in [3.63, 3.8) is 0 Å². The zero-order valence-corrected chi connectivity index (χ0v) is 16.0. The molecule has 1 fully saturated rings. The molecule has 0 amide bonds. The predicted octanol–water partition coefficient (Wildman–Crippen LogP) is 2.95. The minimum Gasteiger partial charge on any atom is -0.392 e. The first-order chi connectivity index (χ1) is 9.04. The molecule has 1 saturated heterocycles. The van der Waals surface area contributed by atoms with Gasteiger partial charge in [-0.2, -0.15) is 0 Å². The van der Waals surface area contributed by atoms with Gasteiger partial charge in [0.1, 0.15) is 0 Å². The minimum atomic E-state index is -0.233. The van der Waals surface area contributed by atoms with Gasteiger partial charge in [-0.15, -0.1) is 24.0 Å². The summed E-state index contributed by atoms with van der Waals surface area (Å²) in [6.07, 6.45) is -0.233. The van der Waals surface area contributed by atoms with Gasteiger partial charge in [-0.05, 0) is 31.5 Å². The molecule has 0 saturated carbocycles. The number of piperazine rings is 1. The Kier molecular flexibility index (Phi) is 7.97. The molecule has 1 aromatic rings. The Morgan fingerprint density at radius 3 is 2.75 bits per heavy atom. The molecular formula is C15H24BrIN2O. The summed E-state index contributed by atoms with van der Waals surface area (Å²) in [5, 5.41) is 9.46. The first-order valence-corrected chi connectivity index (χ1v) is 7.73. The minimum absolute atomic E-state index is 0. The van der Waals surface area contributed by atoms with Crippen molar-refractivity contribution in [2.45, 2.75) is 32.5 Å². The molecule has 20 heavy (non-hydrogen) atoms. The van der Waals surface area contributed by atoms with Crippen LogP contribution in [0, 0.1) is 0 Å². The molecule has 2 atom stereocenters. The number of benzene rings is 1. The summed E-state index contributed by atoms with van der Waals surface area (Å²) in [7, 11) is 0. The highest BCUT2D eigenvalue weighted by molar-refractivity contribution is 14.0. The van der Waals surface area contributed by atoms with Crippen LogP contribution in [-0.4, -0.2) is 53.2 Å². The van der Waals surface area contributed by atoms with Crippen LogP contribution in [0.3, 0.4) is 0 Å². The summed E-state index contributed by atoms with van der Waals surface area (Å²) < 4.78 is 1.14. The standard InChI is InChI=1S/C15H23BrN2O.HI/c1-12-9-17(10-13(2)19)6-7-18(12)11-14-4-3-5-15(16)8-14;/h3-5,8,12-13,19H,6-7,9-11H2,1-2H3;1H. The Balaban J connectivity index is 0.00000200. The van der Waals surface area contributed by atoms with Crippen LogP contribution in [0.2, 0.25) is 0 Å². The zero-order chi connectivity index (χ0) is 13.8. The molecule has 0 aromatic heterocycles. The van der Waals surface area contributed by atoms with Gasteiger partial charge in [0.25, 0.3) is 0 Å². The van der Waals surface area contributed by atoms with Crippen molar-refractivity contribution >= 4 is 39.9 Å². The van der Waals surface area contributed by atoms with E-state index in [1.807, 2.05) is 6.92 Å². The van der Waals surface area contributed by atoms with E-state index in [1.165, 1.54) is 5.56 Å². The second-order valence-corrected chi connectivity index (χ2v) is 6.47. The average Bonchev–Trinajstić information content (AvgIpc) is 2.32. The van der Waals surface area contributed by atoms with E-state index in [1.54, 1.807) is 0 Å². The number of β-amino-alcohol motifs (C(OH)–C–C–N with tert-alkyl or cyclic N) is 1. The molecule has 1 aromatic carbocycles. The lowest BCUT2D eigenvalue weighted by atomic mass is 10.1. The zero-order valence-electron chi connectivity index (χ0n) is 12.1. The fraction of sp³-hybridized carbons (Fsp3) is 0.600. The quantitative estimate of drug-likeness (QED) is 0.708. The lowest BCUT2D eigenvalue weighted by Gasteiger charge is -2.40. The van der Waals surface area contributed by atoms with Gasteiger partial charge in [0, 0.05) is 43.2 Å². The normalized spacial score (nSPS) is 22.3. The molecule has 0 spiro atoms. The topological polar surface area (TPSA) is 26.7 Å². The third-order valence-electron chi connectivity index (χ3n) is 3.65. The first kappa shape index (κ1) is 18.4. The second kappa shape index (κ2) is 8.68. The molecular weight excluding hydrogens is 431 g/mol. The molecule has 1 heterocycles. The monoisotopic (exact) mass is 454 g/mol. The van der Waals surface area contributed by atoms with E-state index in [4.69, 9.17) is 0 Å². The van der Waals surface area contributed by atoms with Crippen LogP contribution in [-0.2, 0) is 6.54 Å². The molecule has 5 heteroatoms. The van der Waals surface area contributed by atoms with Crippen molar-refractivity contribution in [1.82, 2.24) is 9.80 Å². The van der Waals surface area contributed by atoms with Crippen LogP contribution in [0.4, 0.5) is 0 Å². The Bertz CT molecular complexity index is 417. The highest BCUT2D eigenvalue weighted by Crippen LogP contribution is 2.17. The van der Waals surface area contributed by atoms with Gasteiger partial charge in [0.05, 0.1) is 6.10 Å². The summed E-state index contributed by atoms with van der Waals surface area (Å²) in [6, 6.07) is 9.06. The number of nitrogens with zero attached hydrogens (tertiary/aromatic N) is 2. The van der Waals surface area contributed by atoms with Gasteiger partial charge in [-0.25, -0.2) is 0 Å². The average molecular weight is 455 g/mol. The van der Waals surface area contributed by atoms with Crippen LogP contribution in [0.5, 0.6) is 0 Å². The van der Waals surface area contributed by atoms with Crippen LogP contribution < -0.4 is 0 Å². The number of aliphatic hydroxyl groups excluding tert-OH is 1. The molecule has 0 aliphatic carbocycles. The molecule has 2 rings (SSSR count). The fourth-order valence-corrected chi connectivity index (χ4v) is 3.16. The van der Waals surface area contributed by atoms with Gasteiger partial charge >= 0.3 is 0 Å². The van der Waals surface area contributed by atoms with E-state index < -0.39 is 0 Å². The summed E-state index contributed by atoms with van der Waals surface area (Å²) in [5.41, 5.74) is 1.35. The Labute approximate surface area is 147 Å². The van der Waals surface area contributed by atoms with Crippen molar-refractivity contribution in [2.75, 3.05) is 26.2 Å². The smallest absolute Gasteiger partial charge is 0.0639 e. The van der Waals surface area contributed by atoms with Crippen molar-refractivity contribution < 1.29 is 5.11 Å². The molecule has 0 bridgehead atoms. The lowest BCUT2D eigenvalue weighted by molar-refractivity contribution is 0.0472. The Morgan fingerprint density at radius 1 is 1.40 bits per heavy atom. The van der Waals surface area contributed by atoms with Crippen LogP contribution in [0.25, 0.3) is 0 Å². The molecule has 114 valence electrons. The second-order valence-electron chi connectivity index (χ2n) is 5.56. The maximum Gasteiger partial charge on any atom is 0.0639 e. The highest BCUT2D eigenvalue weighted by atomic mass is 127. The van der Waals surface area contributed by atoms with Crippen LogP contribution in [0.1, 0.15) is 19.4 Å². The molecule has 1 aliphatic heterocycles. The van der Waals surface area contributed by atoms with E-state index in [2.05, 4.69) is 56.9 Å². The van der Waals surface area contributed by atoms with Gasteiger partial charge in [0.15, 0.2) is 0 Å². The lowest BCUT2D eigenvalue weighted by Crippen LogP contribution is -2.52. The maximum absolute atomic E-state index is 9.46. The summed E-state index contributed by atoms with van der Waals surface area (Å²) >= 11 is 3.52. The molecule has 1 aliphatic rings. The van der Waals surface area contributed by atoms with Crippen LogP contribution in [0.15, 0.2) is 28.7 Å². The van der Waals surface area contributed by atoms with E-state index >= 15 is 0 Å². The van der Waals surface area contributed by atoms with E-state index in [9.17, 15) is 5.11 Å². The van der Waals surface area contributed by atoms with E-state index in [-0.39, 0.29) is 30.1 Å². The summed E-state index contributed by atoms with van der Waals surface area (Å²) in [5.74, 6) is 0. The number of aliphatic hydroxyl groups is 1. The van der Waals surface area contributed by atoms with E-state index in [0.29, 0.717) is 6.04 Å². The number of halogens is 2. The molecule has 3 nitrogen and oxygen atoms in total. The maximum atomic E-state index is 9.46. The highest BCUT2D eigenvalue weighted by Gasteiger charge is 2.24. The largest absolute Gasteiger partial charge is 0.392 e. The molecule has 1 N–H and O–H groups in total. The SMILES string of the molecule is CC(O)CN1CCN(Cc2cccc(Br)c2)C(C)C1.I.